The minimum Gasteiger partial charge on any atom is -0.337 e. The van der Waals surface area contributed by atoms with Crippen LogP contribution in [0.3, 0.4) is 0 Å². The summed E-state index contributed by atoms with van der Waals surface area (Å²) < 4.78 is 0. The van der Waals surface area contributed by atoms with Crippen molar-refractivity contribution in [1.82, 2.24) is 10.6 Å². The Morgan fingerprint density at radius 3 is 2.67 bits per heavy atom. The number of amides is 2. The minimum atomic E-state index is 0.0365. The standard InChI is InChI=1S/C11H20N2OS/c14-11(13-9-4-1-2-5-9)12-8-10-6-3-7-15-10/h9-10H,1-8H2,(H2,12,13,14). The van der Waals surface area contributed by atoms with Crippen LogP contribution in [0, 0.1) is 0 Å². The van der Waals surface area contributed by atoms with E-state index in [4.69, 9.17) is 0 Å². The molecule has 1 aliphatic carbocycles. The largest absolute Gasteiger partial charge is 0.337 e. The average molecular weight is 228 g/mol. The van der Waals surface area contributed by atoms with Gasteiger partial charge in [-0.2, -0.15) is 11.8 Å². The van der Waals surface area contributed by atoms with E-state index < -0.39 is 0 Å². The monoisotopic (exact) mass is 228 g/mol. The summed E-state index contributed by atoms with van der Waals surface area (Å²) in [7, 11) is 0. The van der Waals surface area contributed by atoms with E-state index >= 15 is 0 Å². The van der Waals surface area contributed by atoms with Gasteiger partial charge in [-0.25, -0.2) is 4.79 Å². The second-order valence-electron chi connectivity index (χ2n) is 4.47. The molecule has 15 heavy (non-hydrogen) atoms. The Morgan fingerprint density at radius 1 is 1.20 bits per heavy atom. The Hall–Kier alpha value is -0.380. The van der Waals surface area contributed by atoms with E-state index in [1.807, 2.05) is 11.8 Å². The molecular weight excluding hydrogens is 208 g/mol. The van der Waals surface area contributed by atoms with Crippen molar-refractivity contribution in [3.05, 3.63) is 0 Å². The van der Waals surface area contributed by atoms with Crippen LogP contribution in [0.5, 0.6) is 0 Å². The Balaban J connectivity index is 1.59. The van der Waals surface area contributed by atoms with E-state index in [9.17, 15) is 4.79 Å². The topological polar surface area (TPSA) is 41.1 Å². The summed E-state index contributed by atoms with van der Waals surface area (Å²) in [5.74, 6) is 1.26. The lowest BCUT2D eigenvalue weighted by atomic mass is 10.2. The molecule has 2 N–H and O–H groups in total. The zero-order valence-electron chi connectivity index (χ0n) is 9.13. The van der Waals surface area contributed by atoms with Crippen LogP contribution in [-0.2, 0) is 0 Å². The molecule has 1 saturated carbocycles. The fourth-order valence-electron chi connectivity index (χ4n) is 2.32. The van der Waals surface area contributed by atoms with Crippen LogP contribution in [0.2, 0.25) is 0 Å². The van der Waals surface area contributed by atoms with Crippen molar-refractivity contribution in [3.8, 4) is 0 Å². The van der Waals surface area contributed by atoms with Gasteiger partial charge >= 0.3 is 6.03 Å². The van der Waals surface area contributed by atoms with Gasteiger partial charge in [-0.3, -0.25) is 0 Å². The van der Waals surface area contributed by atoms with Gasteiger partial charge in [-0.1, -0.05) is 12.8 Å². The van der Waals surface area contributed by atoms with E-state index in [-0.39, 0.29) is 6.03 Å². The molecule has 3 nitrogen and oxygen atoms in total. The maximum Gasteiger partial charge on any atom is 0.315 e. The SMILES string of the molecule is O=C(NCC1CCCS1)NC1CCCC1. The normalized spacial score (nSPS) is 26.8. The third-order valence-corrected chi connectivity index (χ3v) is 4.60. The molecule has 4 heteroatoms. The summed E-state index contributed by atoms with van der Waals surface area (Å²) in [5, 5.41) is 6.68. The van der Waals surface area contributed by atoms with Crippen LogP contribution in [0.4, 0.5) is 4.79 Å². The highest BCUT2D eigenvalue weighted by Gasteiger charge is 2.19. The Labute approximate surface area is 95.8 Å². The molecule has 0 aromatic heterocycles. The maximum absolute atomic E-state index is 11.5. The van der Waals surface area contributed by atoms with Gasteiger partial charge < -0.3 is 10.6 Å². The average Bonchev–Trinajstić information content (AvgIpc) is 2.86. The van der Waals surface area contributed by atoms with Crippen LogP contribution >= 0.6 is 11.8 Å². The molecule has 0 spiro atoms. The number of hydrogen-bond donors (Lipinski definition) is 2. The summed E-state index contributed by atoms with van der Waals surface area (Å²) >= 11 is 1.98. The molecule has 2 aliphatic rings. The zero-order valence-corrected chi connectivity index (χ0v) is 9.94. The van der Waals surface area contributed by atoms with Crippen molar-refractivity contribution < 1.29 is 4.79 Å². The molecule has 0 aromatic carbocycles. The third kappa shape index (κ3) is 3.59. The number of carbonyl (C=O) groups excluding carboxylic acids is 1. The highest BCUT2D eigenvalue weighted by atomic mass is 32.2. The first-order valence-electron chi connectivity index (χ1n) is 6.00. The molecule has 1 atom stereocenters. The summed E-state index contributed by atoms with van der Waals surface area (Å²) in [4.78, 5) is 11.5. The van der Waals surface area contributed by atoms with Crippen LogP contribution < -0.4 is 10.6 Å². The number of thioether (sulfide) groups is 1. The summed E-state index contributed by atoms with van der Waals surface area (Å²) in [6.07, 6.45) is 7.42. The number of rotatable bonds is 3. The van der Waals surface area contributed by atoms with E-state index in [1.165, 1.54) is 31.4 Å². The van der Waals surface area contributed by atoms with E-state index in [2.05, 4.69) is 10.6 Å². The Kier molecular flexibility index (Phi) is 4.18. The van der Waals surface area contributed by atoms with E-state index in [1.54, 1.807) is 0 Å². The molecular formula is C11H20N2OS. The van der Waals surface area contributed by atoms with E-state index in [0.29, 0.717) is 11.3 Å². The van der Waals surface area contributed by atoms with Crippen LogP contribution in [-0.4, -0.2) is 29.6 Å². The second kappa shape index (κ2) is 5.64. The molecule has 0 radical (unpaired) electrons. The molecule has 2 rings (SSSR count). The molecule has 2 fully saturated rings. The fourth-order valence-corrected chi connectivity index (χ4v) is 3.52. The highest BCUT2D eigenvalue weighted by molar-refractivity contribution is 8.00. The van der Waals surface area contributed by atoms with Crippen molar-refractivity contribution in [2.45, 2.75) is 49.8 Å². The lowest BCUT2D eigenvalue weighted by Crippen LogP contribution is -2.42. The van der Waals surface area contributed by atoms with Gasteiger partial charge in [0.25, 0.3) is 0 Å². The van der Waals surface area contributed by atoms with Crippen molar-refractivity contribution in [1.29, 1.82) is 0 Å². The summed E-state index contributed by atoms with van der Waals surface area (Å²) in [5.41, 5.74) is 0. The van der Waals surface area contributed by atoms with Crippen molar-refractivity contribution in [2.24, 2.45) is 0 Å². The van der Waals surface area contributed by atoms with Gasteiger partial charge in [-0.15, -0.1) is 0 Å². The molecule has 0 aromatic rings. The first kappa shape index (κ1) is 11.1. The summed E-state index contributed by atoms with van der Waals surface area (Å²) in [6.45, 7) is 0.837. The minimum absolute atomic E-state index is 0.0365. The van der Waals surface area contributed by atoms with Crippen LogP contribution in [0.15, 0.2) is 0 Å². The number of nitrogens with one attached hydrogen (secondary N) is 2. The summed E-state index contributed by atoms with van der Waals surface area (Å²) in [6, 6.07) is 0.468. The Morgan fingerprint density at radius 2 is 2.00 bits per heavy atom. The molecule has 2 amide bonds. The highest BCUT2D eigenvalue weighted by Crippen LogP contribution is 2.25. The number of urea groups is 1. The first-order chi connectivity index (χ1) is 7.34. The van der Waals surface area contributed by atoms with Crippen molar-refractivity contribution >= 4 is 17.8 Å². The van der Waals surface area contributed by atoms with Crippen molar-refractivity contribution in [3.63, 3.8) is 0 Å². The van der Waals surface area contributed by atoms with Crippen molar-refractivity contribution in [2.75, 3.05) is 12.3 Å². The predicted octanol–water partition coefficient (Wildman–Crippen LogP) is 2.12. The molecule has 1 aliphatic heterocycles. The second-order valence-corrected chi connectivity index (χ2v) is 5.88. The molecule has 86 valence electrons. The molecule has 1 unspecified atom stereocenters. The maximum atomic E-state index is 11.5. The van der Waals surface area contributed by atoms with Gasteiger partial charge in [0.05, 0.1) is 0 Å². The van der Waals surface area contributed by atoms with Gasteiger partial charge in [0, 0.05) is 17.8 Å². The van der Waals surface area contributed by atoms with Gasteiger partial charge in [-0.05, 0) is 31.4 Å². The smallest absolute Gasteiger partial charge is 0.315 e. The van der Waals surface area contributed by atoms with Gasteiger partial charge in [0.2, 0.25) is 0 Å². The van der Waals surface area contributed by atoms with Gasteiger partial charge in [0.15, 0.2) is 0 Å². The first-order valence-corrected chi connectivity index (χ1v) is 7.05. The van der Waals surface area contributed by atoms with Crippen LogP contribution in [0.1, 0.15) is 38.5 Å². The Bertz CT molecular complexity index is 211. The molecule has 1 saturated heterocycles. The van der Waals surface area contributed by atoms with Crippen LogP contribution in [0.25, 0.3) is 0 Å². The zero-order chi connectivity index (χ0) is 10.5. The van der Waals surface area contributed by atoms with Gasteiger partial charge in [0.1, 0.15) is 0 Å². The lowest BCUT2D eigenvalue weighted by molar-refractivity contribution is 0.237. The third-order valence-electron chi connectivity index (χ3n) is 3.20. The molecule has 1 heterocycles. The number of hydrogen-bond acceptors (Lipinski definition) is 2. The predicted molar refractivity (Wildman–Crippen MR) is 64.3 cm³/mol. The van der Waals surface area contributed by atoms with E-state index in [0.717, 1.165) is 19.4 Å². The fraction of sp³-hybridized carbons (Fsp3) is 0.909. The lowest BCUT2D eigenvalue weighted by Gasteiger charge is -2.14. The quantitative estimate of drug-likeness (QED) is 0.777. The number of carbonyl (C=O) groups is 1. The molecule has 0 bridgehead atoms.